The summed E-state index contributed by atoms with van der Waals surface area (Å²) in [5.41, 5.74) is 0. The van der Waals surface area contributed by atoms with E-state index in [0.29, 0.717) is 0 Å². The third-order valence-electron chi connectivity index (χ3n) is 4.30. The normalized spacial score (nSPS) is 25.0. The first-order valence-electron chi connectivity index (χ1n) is 10.00. The van der Waals surface area contributed by atoms with Crippen molar-refractivity contribution in [3.63, 3.8) is 0 Å². The topological polar surface area (TPSA) is 141 Å². The van der Waals surface area contributed by atoms with Gasteiger partial charge in [-0.25, -0.2) is 0 Å². The molecular weight excluding hydrogens is 428 g/mol. The Morgan fingerprint density at radius 2 is 1.50 bits per heavy atom. The summed E-state index contributed by atoms with van der Waals surface area (Å²) in [6.45, 7) is 8.15. The molecule has 1 aliphatic heterocycles. The van der Waals surface area contributed by atoms with Crippen LogP contribution in [-0.2, 0) is 42.9 Å². The summed E-state index contributed by atoms with van der Waals surface area (Å²) in [6.07, 6.45) is -4.56. The van der Waals surface area contributed by atoms with Crippen LogP contribution in [0.15, 0.2) is 12.3 Å². The quantitative estimate of drug-likeness (QED) is 0.407. The van der Waals surface area contributed by atoms with Crippen LogP contribution in [0.1, 0.15) is 47.6 Å². The predicted octanol–water partition coefficient (Wildman–Crippen LogP) is 0.926. The van der Waals surface area contributed by atoms with Gasteiger partial charge in [0.05, 0.1) is 0 Å². The molecule has 0 amide bonds. The Labute approximate surface area is 185 Å². The second kappa shape index (κ2) is 10.9. The SMILES string of the molecule is CC(=O)OC[C@H]1O[C@@H](Oc2ccn(C(C)C)n2)[C@H](OC(C)=O)[C@@H](OC(C)=O)[C@@H]1OC(C)=O. The molecule has 32 heavy (non-hydrogen) atoms. The third kappa shape index (κ3) is 6.94. The van der Waals surface area contributed by atoms with Gasteiger partial charge in [-0.1, -0.05) is 0 Å². The van der Waals surface area contributed by atoms with Crippen LogP contribution >= 0.6 is 0 Å². The van der Waals surface area contributed by atoms with Gasteiger partial charge in [-0.2, -0.15) is 0 Å². The molecule has 12 heteroatoms. The van der Waals surface area contributed by atoms with Crippen molar-refractivity contribution in [3.05, 3.63) is 12.3 Å². The Balaban J connectivity index is 2.42. The first kappa shape index (κ1) is 25.1. The number of hydrogen-bond acceptors (Lipinski definition) is 11. The summed E-state index contributed by atoms with van der Waals surface area (Å²) in [5, 5.41) is 4.27. The maximum Gasteiger partial charge on any atom is 0.303 e. The van der Waals surface area contributed by atoms with E-state index >= 15 is 0 Å². The average Bonchev–Trinajstić information content (AvgIpc) is 3.13. The van der Waals surface area contributed by atoms with Crippen molar-refractivity contribution in [3.8, 4) is 5.88 Å². The molecule has 0 spiro atoms. The van der Waals surface area contributed by atoms with Crippen molar-refractivity contribution in [1.82, 2.24) is 9.78 Å². The van der Waals surface area contributed by atoms with Crippen molar-refractivity contribution in [2.45, 2.75) is 78.3 Å². The Morgan fingerprint density at radius 1 is 0.938 bits per heavy atom. The maximum absolute atomic E-state index is 11.8. The fourth-order valence-corrected chi connectivity index (χ4v) is 3.07. The zero-order valence-electron chi connectivity index (χ0n) is 18.8. The van der Waals surface area contributed by atoms with Crippen molar-refractivity contribution in [2.75, 3.05) is 6.61 Å². The van der Waals surface area contributed by atoms with Gasteiger partial charge < -0.3 is 28.4 Å². The molecule has 0 N–H and O–H groups in total. The van der Waals surface area contributed by atoms with Gasteiger partial charge in [0.25, 0.3) is 0 Å². The van der Waals surface area contributed by atoms with Crippen LogP contribution in [0.2, 0.25) is 0 Å². The lowest BCUT2D eigenvalue weighted by Crippen LogP contribution is -2.63. The summed E-state index contributed by atoms with van der Waals surface area (Å²) in [6, 6.07) is 1.64. The van der Waals surface area contributed by atoms with Gasteiger partial charge in [0, 0.05) is 46.0 Å². The molecule has 1 saturated heterocycles. The molecule has 0 bridgehead atoms. The minimum atomic E-state index is -1.31. The predicted molar refractivity (Wildman–Crippen MR) is 105 cm³/mol. The molecule has 1 aliphatic rings. The standard InChI is InChI=1S/C20H28N2O10/c1-10(2)22-8-7-16(21-22)32-20-19(30-14(6)26)18(29-13(5)25)17(28-12(4)24)15(31-20)9-27-11(3)23/h7-8,10,15,17-20H,9H2,1-6H3/t15-,17-,18+,19-,20+/m1/s1. The van der Waals surface area contributed by atoms with Crippen molar-refractivity contribution in [2.24, 2.45) is 0 Å². The van der Waals surface area contributed by atoms with E-state index in [0.717, 1.165) is 20.8 Å². The summed E-state index contributed by atoms with van der Waals surface area (Å²) < 4.78 is 34.3. The third-order valence-corrected chi connectivity index (χ3v) is 4.30. The van der Waals surface area contributed by atoms with Gasteiger partial charge in [0.1, 0.15) is 12.7 Å². The largest absolute Gasteiger partial charge is 0.463 e. The summed E-state index contributed by atoms with van der Waals surface area (Å²) in [5.74, 6) is -2.59. The highest BCUT2D eigenvalue weighted by molar-refractivity contribution is 5.68. The van der Waals surface area contributed by atoms with Gasteiger partial charge in [-0.05, 0) is 13.8 Å². The second-order valence-corrected chi connectivity index (χ2v) is 7.41. The lowest BCUT2D eigenvalue weighted by Gasteiger charge is -2.43. The smallest absolute Gasteiger partial charge is 0.303 e. The average molecular weight is 456 g/mol. The first-order chi connectivity index (χ1) is 15.0. The van der Waals surface area contributed by atoms with Crippen LogP contribution in [0.5, 0.6) is 5.88 Å². The highest BCUT2D eigenvalue weighted by atomic mass is 16.7. The molecule has 2 rings (SSSR count). The molecule has 1 fully saturated rings. The first-order valence-corrected chi connectivity index (χ1v) is 10.00. The molecule has 1 aromatic heterocycles. The second-order valence-electron chi connectivity index (χ2n) is 7.41. The van der Waals surface area contributed by atoms with Crippen molar-refractivity contribution in [1.29, 1.82) is 0 Å². The van der Waals surface area contributed by atoms with Gasteiger partial charge in [0.2, 0.25) is 18.3 Å². The van der Waals surface area contributed by atoms with Gasteiger partial charge in [-0.3, -0.25) is 23.9 Å². The molecule has 1 aromatic rings. The molecule has 0 aliphatic carbocycles. The number of hydrogen-bond donors (Lipinski definition) is 0. The number of carbonyl (C=O) groups excluding carboxylic acids is 4. The molecule has 0 aromatic carbocycles. The number of esters is 4. The van der Waals surface area contributed by atoms with Crippen LogP contribution < -0.4 is 4.74 Å². The minimum absolute atomic E-state index is 0.0581. The molecular formula is C20H28N2O10. The minimum Gasteiger partial charge on any atom is -0.463 e. The van der Waals surface area contributed by atoms with E-state index in [1.54, 1.807) is 16.9 Å². The van der Waals surface area contributed by atoms with Gasteiger partial charge >= 0.3 is 23.9 Å². The number of nitrogens with zero attached hydrogens (tertiary/aromatic N) is 2. The number of aromatic nitrogens is 2. The zero-order chi connectivity index (χ0) is 24.0. The van der Waals surface area contributed by atoms with Crippen LogP contribution in [0.3, 0.4) is 0 Å². The lowest BCUT2D eigenvalue weighted by atomic mass is 9.98. The van der Waals surface area contributed by atoms with E-state index in [2.05, 4.69) is 5.10 Å². The number of ether oxygens (including phenoxy) is 6. The van der Waals surface area contributed by atoms with E-state index in [1.807, 2.05) is 13.8 Å². The summed E-state index contributed by atoms with van der Waals surface area (Å²) >= 11 is 0. The summed E-state index contributed by atoms with van der Waals surface area (Å²) in [4.78, 5) is 46.7. The van der Waals surface area contributed by atoms with E-state index in [1.165, 1.54) is 6.92 Å². The van der Waals surface area contributed by atoms with Crippen LogP contribution in [0.25, 0.3) is 0 Å². The zero-order valence-corrected chi connectivity index (χ0v) is 18.8. The van der Waals surface area contributed by atoms with Crippen molar-refractivity contribution >= 4 is 23.9 Å². The monoisotopic (exact) mass is 456 g/mol. The molecule has 0 radical (unpaired) electrons. The highest BCUT2D eigenvalue weighted by Crippen LogP contribution is 2.30. The van der Waals surface area contributed by atoms with E-state index in [-0.39, 0.29) is 18.5 Å². The Bertz CT molecular complexity index is 836. The van der Waals surface area contributed by atoms with Crippen LogP contribution in [-0.4, -0.2) is 71.0 Å². The van der Waals surface area contributed by atoms with Crippen LogP contribution in [0.4, 0.5) is 0 Å². The Morgan fingerprint density at radius 3 is 2.00 bits per heavy atom. The van der Waals surface area contributed by atoms with E-state index in [9.17, 15) is 19.2 Å². The van der Waals surface area contributed by atoms with Gasteiger partial charge in [-0.15, -0.1) is 5.10 Å². The molecule has 2 heterocycles. The highest BCUT2D eigenvalue weighted by Gasteiger charge is 2.53. The van der Waals surface area contributed by atoms with Gasteiger partial charge in [0.15, 0.2) is 12.2 Å². The lowest BCUT2D eigenvalue weighted by molar-refractivity contribution is -0.289. The Kier molecular flexibility index (Phi) is 8.58. The number of carbonyl (C=O) groups is 4. The van der Waals surface area contributed by atoms with E-state index < -0.39 is 54.6 Å². The molecule has 0 unspecified atom stereocenters. The fraction of sp³-hybridized carbons (Fsp3) is 0.650. The molecule has 5 atom stereocenters. The fourth-order valence-electron chi connectivity index (χ4n) is 3.07. The molecule has 0 saturated carbocycles. The number of rotatable bonds is 8. The summed E-state index contributed by atoms with van der Waals surface area (Å²) in [7, 11) is 0. The Hall–Kier alpha value is -3.15. The maximum atomic E-state index is 11.8. The van der Waals surface area contributed by atoms with Crippen molar-refractivity contribution < 1.29 is 47.6 Å². The molecule has 12 nitrogen and oxygen atoms in total. The molecule has 178 valence electrons. The van der Waals surface area contributed by atoms with E-state index in [4.69, 9.17) is 28.4 Å². The van der Waals surface area contributed by atoms with Crippen LogP contribution in [0, 0.1) is 0 Å².